The fourth-order valence-electron chi connectivity index (χ4n) is 4.17. The van der Waals surface area contributed by atoms with E-state index in [-0.39, 0.29) is 29.9 Å². The van der Waals surface area contributed by atoms with Crippen LogP contribution in [0.15, 0.2) is 29.3 Å². The SMILES string of the molecule is CCNC(=NCc1cccc(CN2CCCC2=O)c1)NC1CCCC(C)C1.I. The summed E-state index contributed by atoms with van der Waals surface area (Å²) in [6.45, 7) is 7.57. The van der Waals surface area contributed by atoms with Crippen molar-refractivity contribution in [1.82, 2.24) is 15.5 Å². The van der Waals surface area contributed by atoms with Gasteiger partial charge >= 0.3 is 0 Å². The second kappa shape index (κ2) is 11.6. The summed E-state index contributed by atoms with van der Waals surface area (Å²) in [7, 11) is 0. The van der Waals surface area contributed by atoms with Gasteiger partial charge in [0.15, 0.2) is 5.96 Å². The molecular weight excluding hydrogens is 463 g/mol. The van der Waals surface area contributed by atoms with Crippen LogP contribution in [0.1, 0.15) is 63.5 Å². The Hall–Kier alpha value is -1.31. The zero-order valence-corrected chi connectivity index (χ0v) is 19.6. The molecule has 0 aromatic heterocycles. The molecule has 1 saturated heterocycles. The summed E-state index contributed by atoms with van der Waals surface area (Å²) in [4.78, 5) is 18.6. The zero-order chi connectivity index (χ0) is 19.1. The van der Waals surface area contributed by atoms with Crippen LogP contribution in [0.25, 0.3) is 0 Å². The highest BCUT2D eigenvalue weighted by Crippen LogP contribution is 2.23. The third-order valence-corrected chi connectivity index (χ3v) is 5.58. The summed E-state index contributed by atoms with van der Waals surface area (Å²) in [5, 5.41) is 7.00. The normalized spacial score (nSPS) is 22.7. The lowest BCUT2D eigenvalue weighted by Gasteiger charge is -2.28. The van der Waals surface area contributed by atoms with Crippen molar-refractivity contribution in [3.63, 3.8) is 0 Å². The number of hydrogen-bond donors (Lipinski definition) is 2. The smallest absolute Gasteiger partial charge is 0.222 e. The first-order valence-corrected chi connectivity index (χ1v) is 10.5. The van der Waals surface area contributed by atoms with Crippen molar-refractivity contribution in [2.45, 2.75) is 71.5 Å². The van der Waals surface area contributed by atoms with Crippen molar-refractivity contribution in [1.29, 1.82) is 0 Å². The van der Waals surface area contributed by atoms with Crippen molar-refractivity contribution in [2.24, 2.45) is 10.9 Å². The van der Waals surface area contributed by atoms with Crippen LogP contribution in [0.3, 0.4) is 0 Å². The molecule has 2 atom stereocenters. The minimum Gasteiger partial charge on any atom is -0.357 e. The van der Waals surface area contributed by atoms with Gasteiger partial charge in [0, 0.05) is 32.1 Å². The molecular formula is C22H35IN4O. The monoisotopic (exact) mass is 498 g/mol. The van der Waals surface area contributed by atoms with Gasteiger partial charge in [-0.15, -0.1) is 24.0 Å². The highest BCUT2D eigenvalue weighted by Gasteiger charge is 2.20. The Morgan fingerprint density at radius 2 is 2.07 bits per heavy atom. The van der Waals surface area contributed by atoms with Crippen LogP contribution >= 0.6 is 24.0 Å². The summed E-state index contributed by atoms with van der Waals surface area (Å²) in [6, 6.07) is 9.00. The van der Waals surface area contributed by atoms with Gasteiger partial charge in [-0.25, -0.2) is 4.99 Å². The lowest BCUT2D eigenvalue weighted by molar-refractivity contribution is -0.128. The number of halogens is 1. The Morgan fingerprint density at radius 1 is 1.25 bits per heavy atom. The molecule has 156 valence electrons. The van der Waals surface area contributed by atoms with E-state index in [9.17, 15) is 4.79 Å². The lowest BCUT2D eigenvalue weighted by atomic mass is 9.87. The van der Waals surface area contributed by atoms with E-state index < -0.39 is 0 Å². The summed E-state index contributed by atoms with van der Waals surface area (Å²) >= 11 is 0. The summed E-state index contributed by atoms with van der Waals surface area (Å²) < 4.78 is 0. The van der Waals surface area contributed by atoms with Gasteiger partial charge < -0.3 is 15.5 Å². The number of rotatable bonds is 6. The van der Waals surface area contributed by atoms with Crippen LogP contribution in [0.5, 0.6) is 0 Å². The number of carbonyl (C=O) groups excluding carboxylic acids is 1. The quantitative estimate of drug-likeness (QED) is 0.354. The van der Waals surface area contributed by atoms with E-state index in [4.69, 9.17) is 4.99 Å². The minimum atomic E-state index is 0. The average Bonchev–Trinajstić information content (AvgIpc) is 3.05. The van der Waals surface area contributed by atoms with Crippen LogP contribution in [-0.2, 0) is 17.9 Å². The first-order chi connectivity index (χ1) is 13.1. The molecule has 1 amide bonds. The van der Waals surface area contributed by atoms with Crippen molar-refractivity contribution < 1.29 is 4.79 Å². The molecule has 2 fully saturated rings. The summed E-state index contributed by atoms with van der Waals surface area (Å²) in [6.07, 6.45) is 6.79. The molecule has 1 aliphatic carbocycles. The van der Waals surface area contributed by atoms with Crippen molar-refractivity contribution in [3.05, 3.63) is 35.4 Å². The molecule has 1 aromatic carbocycles. The van der Waals surface area contributed by atoms with Crippen LogP contribution < -0.4 is 10.6 Å². The molecule has 0 spiro atoms. The van der Waals surface area contributed by atoms with Gasteiger partial charge in [0.05, 0.1) is 6.54 Å². The van der Waals surface area contributed by atoms with Gasteiger partial charge in [-0.2, -0.15) is 0 Å². The Bertz CT molecular complexity index is 664. The number of hydrogen-bond acceptors (Lipinski definition) is 2. The molecule has 2 unspecified atom stereocenters. The fraction of sp³-hybridized carbons (Fsp3) is 0.636. The second-order valence-electron chi connectivity index (χ2n) is 8.05. The number of benzene rings is 1. The minimum absolute atomic E-state index is 0. The average molecular weight is 498 g/mol. The summed E-state index contributed by atoms with van der Waals surface area (Å²) in [5.41, 5.74) is 2.38. The van der Waals surface area contributed by atoms with Gasteiger partial charge in [0.2, 0.25) is 5.91 Å². The fourth-order valence-corrected chi connectivity index (χ4v) is 4.17. The van der Waals surface area contributed by atoms with E-state index >= 15 is 0 Å². The molecule has 0 radical (unpaired) electrons. The number of aliphatic imine (C=N–C) groups is 1. The Morgan fingerprint density at radius 3 is 2.79 bits per heavy atom. The van der Waals surface area contributed by atoms with Gasteiger partial charge in [0.1, 0.15) is 0 Å². The predicted molar refractivity (Wildman–Crippen MR) is 126 cm³/mol. The molecule has 1 aliphatic heterocycles. The van der Waals surface area contributed by atoms with E-state index in [1.54, 1.807) is 0 Å². The van der Waals surface area contributed by atoms with E-state index in [0.717, 1.165) is 31.4 Å². The van der Waals surface area contributed by atoms with E-state index in [1.807, 2.05) is 4.90 Å². The van der Waals surface area contributed by atoms with E-state index in [2.05, 4.69) is 48.7 Å². The number of amides is 1. The standard InChI is InChI=1S/C22H34N4O.HI/c1-3-23-22(25-20-10-4-7-17(2)13-20)24-15-18-8-5-9-19(14-18)16-26-12-6-11-21(26)27;/h5,8-9,14,17,20H,3-4,6-7,10-13,15-16H2,1-2H3,(H2,23,24,25);1H. The highest BCUT2D eigenvalue weighted by molar-refractivity contribution is 14.0. The number of guanidine groups is 1. The second-order valence-corrected chi connectivity index (χ2v) is 8.05. The molecule has 1 aromatic rings. The first kappa shape index (κ1) is 23.0. The Labute approximate surface area is 186 Å². The van der Waals surface area contributed by atoms with Crippen molar-refractivity contribution in [3.8, 4) is 0 Å². The Kier molecular flexibility index (Phi) is 9.55. The van der Waals surface area contributed by atoms with Gasteiger partial charge in [-0.05, 0) is 43.2 Å². The maximum Gasteiger partial charge on any atom is 0.222 e. The molecule has 5 nitrogen and oxygen atoms in total. The van der Waals surface area contributed by atoms with Crippen LogP contribution in [-0.4, -0.2) is 35.9 Å². The third kappa shape index (κ3) is 6.94. The van der Waals surface area contributed by atoms with E-state index in [0.29, 0.717) is 25.6 Å². The molecule has 28 heavy (non-hydrogen) atoms. The van der Waals surface area contributed by atoms with Gasteiger partial charge in [0.25, 0.3) is 0 Å². The van der Waals surface area contributed by atoms with Crippen LogP contribution in [0.4, 0.5) is 0 Å². The molecule has 6 heteroatoms. The predicted octanol–water partition coefficient (Wildman–Crippen LogP) is 4.06. The van der Waals surface area contributed by atoms with Crippen molar-refractivity contribution >= 4 is 35.8 Å². The summed E-state index contributed by atoms with van der Waals surface area (Å²) in [5.74, 6) is 1.99. The van der Waals surface area contributed by atoms with Gasteiger partial charge in [-0.1, -0.05) is 44.0 Å². The van der Waals surface area contributed by atoms with E-state index in [1.165, 1.54) is 36.8 Å². The van der Waals surface area contributed by atoms with Gasteiger partial charge in [-0.3, -0.25) is 4.79 Å². The Balaban J connectivity index is 0.00000280. The highest BCUT2D eigenvalue weighted by atomic mass is 127. The van der Waals surface area contributed by atoms with Crippen LogP contribution in [0.2, 0.25) is 0 Å². The number of nitrogens with one attached hydrogen (secondary N) is 2. The maximum absolute atomic E-state index is 11.9. The molecule has 1 heterocycles. The molecule has 3 rings (SSSR count). The maximum atomic E-state index is 11.9. The number of nitrogens with zero attached hydrogens (tertiary/aromatic N) is 2. The number of carbonyl (C=O) groups is 1. The molecule has 2 N–H and O–H groups in total. The molecule has 2 aliphatic rings. The van der Waals surface area contributed by atoms with Crippen molar-refractivity contribution in [2.75, 3.05) is 13.1 Å². The molecule has 1 saturated carbocycles. The van der Waals surface area contributed by atoms with Crippen LogP contribution in [0, 0.1) is 5.92 Å². The topological polar surface area (TPSA) is 56.7 Å². The molecule has 0 bridgehead atoms. The number of likely N-dealkylation sites (tertiary alicyclic amines) is 1. The lowest BCUT2D eigenvalue weighted by Crippen LogP contribution is -2.45. The third-order valence-electron chi connectivity index (χ3n) is 5.58. The first-order valence-electron chi connectivity index (χ1n) is 10.5. The largest absolute Gasteiger partial charge is 0.357 e. The zero-order valence-electron chi connectivity index (χ0n) is 17.2.